The molecule has 92 valence electrons. The zero-order valence-corrected chi connectivity index (χ0v) is 10.1. The highest BCUT2D eigenvalue weighted by Gasteiger charge is 2.18. The van der Waals surface area contributed by atoms with Crippen molar-refractivity contribution >= 4 is 11.8 Å². The molecule has 6 heteroatoms. The number of hydrogen-bond donors (Lipinski definition) is 1. The lowest BCUT2D eigenvalue weighted by atomic mass is 10.3. The highest BCUT2D eigenvalue weighted by atomic mass is 16.4. The van der Waals surface area contributed by atoms with Gasteiger partial charge in [-0.25, -0.2) is 14.8 Å². The Kier molecular flexibility index (Phi) is 3.23. The number of carbonyl (C=O) groups is 1. The van der Waals surface area contributed by atoms with Crippen LogP contribution in [0, 0.1) is 6.92 Å². The predicted molar refractivity (Wildman–Crippen MR) is 63.4 cm³/mol. The SMILES string of the molecule is Cc1nc(C(=O)O)cnc1N1CCN(C)CC1. The van der Waals surface area contributed by atoms with Gasteiger partial charge in [0, 0.05) is 26.2 Å². The fourth-order valence-electron chi connectivity index (χ4n) is 1.91. The van der Waals surface area contributed by atoms with Gasteiger partial charge in [0.15, 0.2) is 5.69 Å². The molecule has 2 heterocycles. The van der Waals surface area contributed by atoms with E-state index < -0.39 is 5.97 Å². The van der Waals surface area contributed by atoms with Gasteiger partial charge >= 0.3 is 5.97 Å². The third-order valence-corrected chi connectivity index (χ3v) is 2.94. The highest BCUT2D eigenvalue weighted by Crippen LogP contribution is 2.16. The van der Waals surface area contributed by atoms with Crippen molar-refractivity contribution in [1.82, 2.24) is 14.9 Å². The fraction of sp³-hybridized carbons (Fsp3) is 0.545. The normalized spacial score (nSPS) is 17.2. The van der Waals surface area contributed by atoms with Crippen molar-refractivity contribution in [2.45, 2.75) is 6.92 Å². The number of hydrogen-bond acceptors (Lipinski definition) is 5. The van der Waals surface area contributed by atoms with E-state index in [1.54, 1.807) is 6.92 Å². The van der Waals surface area contributed by atoms with Gasteiger partial charge in [-0.2, -0.15) is 0 Å². The number of rotatable bonds is 2. The van der Waals surface area contributed by atoms with Crippen molar-refractivity contribution in [2.75, 3.05) is 38.1 Å². The van der Waals surface area contributed by atoms with E-state index in [0.717, 1.165) is 32.0 Å². The molecule has 0 unspecified atom stereocenters. The minimum atomic E-state index is -1.04. The number of piperazine rings is 1. The summed E-state index contributed by atoms with van der Waals surface area (Å²) >= 11 is 0. The highest BCUT2D eigenvalue weighted by molar-refractivity contribution is 5.85. The van der Waals surface area contributed by atoms with Crippen LogP contribution in [-0.2, 0) is 0 Å². The van der Waals surface area contributed by atoms with Gasteiger partial charge in [-0.1, -0.05) is 0 Å². The summed E-state index contributed by atoms with van der Waals surface area (Å²) in [6.07, 6.45) is 1.32. The summed E-state index contributed by atoms with van der Waals surface area (Å²) in [5.74, 6) is -0.242. The number of carboxylic acids is 1. The van der Waals surface area contributed by atoms with Gasteiger partial charge < -0.3 is 14.9 Å². The van der Waals surface area contributed by atoms with Gasteiger partial charge in [0.1, 0.15) is 5.82 Å². The molecule has 0 spiro atoms. The largest absolute Gasteiger partial charge is 0.476 e. The van der Waals surface area contributed by atoms with Crippen LogP contribution < -0.4 is 4.90 Å². The molecular formula is C11H16N4O2. The Labute approximate surface area is 99.9 Å². The van der Waals surface area contributed by atoms with Gasteiger partial charge in [0.05, 0.1) is 11.9 Å². The molecular weight excluding hydrogens is 220 g/mol. The van der Waals surface area contributed by atoms with Crippen LogP contribution in [0.25, 0.3) is 0 Å². The smallest absolute Gasteiger partial charge is 0.356 e. The lowest BCUT2D eigenvalue weighted by molar-refractivity contribution is 0.0689. The maximum absolute atomic E-state index is 10.8. The van der Waals surface area contributed by atoms with Crippen LogP contribution in [-0.4, -0.2) is 59.2 Å². The maximum atomic E-state index is 10.8. The van der Waals surface area contributed by atoms with Gasteiger partial charge in [0.2, 0.25) is 0 Å². The lowest BCUT2D eigenvalue weighted by Gasteiger charge is -2.33. The number of carboxylic acid groups (broad SMARTS) is 1. The third kappa shape index (κ3) is 2.52. The van der Waals surface area contributed by atoms with E-state index in [1.807, 2.05) is 0 Å². The second-order valence-electron chi connectivity index (χ2n) is 4.26. The van der Waals surface area contributed by atoms with Gasteiger partial charge in [-0.3, -0.25) is 0 Å². The molecule has 0 aromatic carbocycles. The second kappa shape index (κ2) is 4.67. The van der Waals surface area contributed by atoms with Crippen molar-refractivity contribution in [2.24, 2.45) is 0 Å². The summed E-state index contributed by atoms with van der Waals surface area (Å²) in [5, 5.41) is 8.82. The first-order chi connectivity index (χ1) is 8.08. The fourth-order valence-corrected chi connectivity index (χ4v) is 1.91. The topological polar surface area (TPSA) is 69.6 Å². The first-order valence-corrected chi connectivity index (χ1v) is 5.58. The van der Waals surface area contributed by atoms with E-state index >= 15 is 0 Å². The molecule has 0 amide bonds. The Bertz CT molecular complexity index is 427. The van der Waals surface area contributed by atoms with Crippen LogP contribution in [0.1, 0.15) is 16.2 Å². The Morgan fingerprint density at radius 3 is 2.53 bits per heavy atom. The second-order valence-corrected chi connectivity index (χ2v) is 4.26. The lowest BCUT2D eigenvalue weighted by Crippen LogP contribution is -2.45. The first-order valence-electron chi connectivity index (χ1n) is 5.58. The average molecular weight is 236 g/mol. The molecule has 0 aliphatic carbocycles. The Balaban J connectivity index is 2.19. The molecule has 6 nitrogen and oxygen atoms in total. The Hall–Kier alpha value is -1.69. The van der Waals surface area contributed by atoms with Crippen LogP contribution in [0.4, 0.5) is 5.82 Å². The monoisotopic (exact) mass is 236 g/mol. The summed E-state index contributed by atoms with van der Waals surface area (Å²) in [6.45, 7) is 5.58. The average Bonchev–Trinajstić information content (AvgIpc) is 2.30. The van der Waals surface area contributed by atoms with Crippen molar-refractivity contribution in [1.29, 1.82) is 0 Å². The zero-order chi connectivity index (χ0) is 12.4. The Morgan fingerprint density at radius 2 is 2.00 bits per heavy atom. The molecule has 1 aliphatic heterocycles. The summed E-state index contributed by atoms with van der Waals surface area (Å²) in [6, 6.07) is 0. The van der Waals surface area contributed by atoms with Crippen molar-refractivity contribution in [3.8, 4) is 0 Å². The van der Waals surface area contributed by atoms with E-state index in [-0.39, 0.29) is 5.69 Å². The number of aromatic carboxylic acids is 1. The minimum Gasteiger partial charge on any atom is -0.476 e. The molecule has 1 fully saturated rings. The number of nitrogens with zero attached hydrogens (tertiary/aromatic N) is 4. The number of likely N-dealkylation sites (N-methyl/N-ethyl adjacent to an activating group) is 1. The van der Waals surface area contributed by atoms with Crippen molar-refractivity contribution in [3.63, 3.8) is 0 Å². The van der Waals surface area contributed by atoms with Gasteiger partial charge in [-0.15, -0.1) is 0 Å². The zero-order valence-electron chi connectivity index (χ0n) is 10.1. The number of aromatic nitrogens is 2. The standard InChI is InChI=1S/C11H16N4O2/c1-8-10(12-7-9(13-8)11(16)17)15-5-3-14(2)4-6-15/h7H,3-6H2,1-2H3,(H,16,17). The third-order valence-electron chi connectivity index (χ3n) is 2.94. The van der Waals surface area contributed by atoms with Gasteiger partial charge in [-0.05, 0) is 14.0 Å². The Morgan fingerprint density at radius 1 is 1.35 bits per heavy atom. The van der Waals surface area contributed by atoms with Crippen molar-refractivity contribution < 1.29 is 9.90 Å². The number of anilines is 1. The molecule has 1 aliphatic rings. The number of aryl methyl sites for hydroxylation is 1. The van der Waals surface area contributed by atoms with E-state index in [9.17, 15) is 4.79 Å². The molecule has 1 aromatic rings. The molecule has 0 radical (unpaired) electrons. The van der Waals surface area contributed by atoms with E-state index in [0.29, 0.717) is 5.69 Å². The van der Waals surface area contributed by atoms with Gasteiger partial charge in [0.25, 0.3) is 0 Å². The quantitative estimate of drug-likeness (QED) is 0.793. The summed E-state index contributed by atoms with van der Waals surface area (Å²) in [7, 11) is 2.09. The summed E-state index contributed by atoms with van der Waals surface area (Å²) < 4.78 is 0. The van der Waals surface area contributed by atoms with Crippen LogP contribution in [0.5, 0.6) is 0 Å². The van der Waals surface area contributed by atoms with E-state index in [4.69, 9.17) is 5.11 Å². The van der Waals surface area contributed by atoms with E-state index in [1.165, 1.54) is 6.20 Å². The molecule has 1 saturated heterocycles. The molecule has 0 atom stereocenters. The predicted octanol–water partition coefficient (Wildman–Crippen LogP) is 0.235. The maximum Gasteiger partial charge on any atom is 0.356 e. The van der Waals surface area contributed by atoms with Crippen LogP contribution >= 0.6 is 0 Å². The molecule has 2 rings (SSSR count). The summed E-state index contributed by atoms with van der Waals surface area (Å²) in [4.78, 5) is 23.4. The van der Waals surface area contributed by atoms with E-state index in [2.05, 4.69) is 26.8 Å². The van der Waals surface area contributed by atoms with Crippen molar-refractivity contribution in [3.05, 3.63) is 17.6 Å². The molecule has 1 aromatic heterocycles. The molecule has 0 bridgehead atoms. The molecule has 0 saturated carbocycles. The van der Waals surface area contributed by atoms with Crippen LogP contribution in [0.2, 0.25) is 0 Å². The summed E-state index contributed by atoms with van der Waals surface area (Å²) in [5.41, 5.74) is 0.676. The van der Waals surface area contributed by atoms with Crippen LogP contribution in [0.3, 0.4) is 0 Å². The first kappa shape index (κ1) is 11.8. The van der Waals surface area contributed by atoms with Crippen LogP contribution in [0.15, 0.2) is 6.20 Å². The minimum absolute atomic E-state index is 0.000350. The molecule has 17 heavy (non-hydrogen) atoms. The molecule has 1 N–H and O–H groups in total.